The second kappa shape index (κ2) is 355. The quantitative estimate of drug-likeness (QED) is 0.357. The molecule has 0 rings (SSSR count). The minimum Gasteiger partial charge on any atom is -0.0776 e. The van der Waals surface area contributed by atoms with Crippen molar-refractivity contribution in [2.45, 2.75) is 205 Å². The molecule has 0 aromatic heterocycles. The van der Waals surface area contributed by atoms with E-state index < -0.39 is 0 Å². The average molecular weight is 445 g/mol. The minimum atomic E-state index is 0. The van der Waals surface area contributed by atoms with Crippen LogP contribution in [0.25, 0.3) is 0 Å². The zero-order valence-corrected chi connectivity index (χ0v) is 25.7. The van der Waals surface area contributed by atoms with Crippen molar-refractivity contribution in [1.29, 1.82) is 0 Å². The Balaban J connectivity index is -0.0000000126. The van der Waals surface area contributed by atoms with Crippen molar-refractivity contribution in [3.63, 3.8) is 0 Å². The second-order valence-electron chi connectivity index (χ2n) is 3.41. The van der Waals surface area contributed by atoms with Crippen molar-refractivity contribution >= 4 is 0 Å². The first-order valence-electron chi connectivity index (χ1n) is 13.8. The first kappa shape index (κ1) is 77.9. The maximum Gasteiger partial charge on any atom is -0.0536 e. The van der Waals surface area contributed by atoms with Gasteiger partial charge in [-0.25, -0.2) is 0 Å². The third kappa shape index (κ3) is 567. The molecule has 0 bridgehead atoms. The first-order chi connectivity index (χ1) is 13.8. The molecular weight excluding hydrogens is 360 g/mol. The minimum absolute atomic E-state index is 0. The van der Waals surface area contributed by atoms with Gasteiger partial charge in [-0.15, -0.1) is 0 Å². The lowest BCUT2D eigenvalue weighted by Crippen LogP contribution is -1.66. The van der Waals surface area contributed by atoms with Crippen molar-refractivity contribution < 1.29 is 0 Å². The van der Waals surface area contributed by atoms with E-state index in [0.29, 0.717) is 0 Å². The van der Waals surface area contributed by atoms with Gasteiger partial charge in [0, 0.05) is 0 Å². The molecule has 0 aromatic carbocycles. The Morgan fingerprint density at radius 3 is 0.333 bits per heavy atom. The molecule has 0 spiro atoms. The van der Waals surface area contributed by atoms with E-state index >= 15 is 0 Å². The van der Waals surface area contributed by atoms with E-state index in [0.717, 1.165) is 0 Å². The van der Waals surface area contributed by atoms with Crippen molar-refractivity contribution in [3.8, 4) is 0 Å². The molecule has 0 radical (unpaired) electrons. The lowest BCUT2D eigenvalue weighted by Gasteiger charge is -1.86. The fraction of sp³-hybridized carbons (Fsp3) is 1.00. The summed E-state index contributed by atoms with van der Waals surface area (Å²) < 4.78 is 0. The van der Waals surface area contributed by atoms with Gasteiger partial charge in [0.2, 0.25) is 0 Å². The summed E-state index contributed by atoms with van der Waals surface area (Å²) in [4.78, 5) is 0. The highest BCUT2D eigenvalue weighted by atomic mass is 13.8. The van der Waals surface area contributed by atoms with Crippen LogP contribution in [0.5, 0.6) is 0 Å². The summed E-state index contributed by atoms with van der Waals surface area (Å²) in [7, 11) is 0. The Bertz CT molecular complexity index is 32.0. The molecule has 204 valence electrons. The summed E-state index contributed by atoms with van der Waals surface area (Å²) >= 11 is 0. The Labute approximate surface area is 204 Å². The standard InChI is InChI=1S/2C6H14.8C2H6.2CH4/c2*1-3-5-6-4-2;8*1-2;;/h2*3-6H2,1-2H3;8*1-2H3;2*1H4. The van der Waals surface area contributed by atoms with Gasteiger partial charge in [0.1, 0.15) is 0 Å². The summed E-state index contributed by atoms with van der Waals surface area (Å²) in [5.41, 5.74) is 0. The third-order valence-corrected chi connectivity index (χ3v) is 1.91. The van der Waals surface area contributed by atoms with Crippen molar-refractivity contribution in [2.75, 3.05) is 0 Å². The SMILES string of the molecule is C.C.CC.CC.CC.CC.CC.CC.CC.CC.CCCCCC.CCCCCC. The van der Waals surface area contributed by atoms with Crippen LogP contribution in [-0.4, -0.2) is 0 Å². The van der Waals surface area contributed by atoms with E-state index in [9.17, 15) is 0 Å². The van der Waals surface area contributed by atoms with Gasteiger partial charge in [0.15, 0.2) is 0 Å². The molecule has 0 aliphatic carbocycles. The van der Waals surface area contributed by atoms with E-state index in [1.165, 1.54) is 51.4 Å². The van der Waals surface area contributed by atoms with Gasteiger partial charge in [0.05, 0.1) is 0 Å². The van der Waals surface area contributed by atoms with Crippen molar-refractivity contribution in [2.24, 2.45) is 0 Å². The van der Waals surface area contributed by atoms with Gasteiger partial charge in [-0.1, -0.05) is 205 Å². The zero-order chi connectivity index (χ0) is 25.7. The lowest BCUT2D eigenvalue weighted by atomic mass is 10.2. The normalized spacial score (nSPS) is 5.20. The molecule has 30 heavy (non-hydrogen) atoms. The molecule has 0 saturated carbocycles. The molecule has 0 aliphatic heterocycles. The van der Waals surface area contributed by atoms with Crippen LogP contribution < -0.4 is 0 Å². The Morgan fingerprint density at radius 1 is 0.233 bits per heavy atom. The number of hydrogen-bond acceptors (Lipinski definition) is 0. The fourth-order valence-electron chi connectivity index (χ4n) is 1.000. The monoisotopic (exact) mass is 445 g/mol. The molecule has 0 N–H and O–H groups in total. The van der Waals surface area contributed by atoms with E-state index in [1.807, 2.05) is 111 Å². The van der Waals surface area contributed by atoms with Crippen LogP contribution in [0, 0.1) is 0 Å². The van der Waals surface area contributed by atoms with E-state index in [2.05, 4.69) is 27.7 Å². The topological polar surface area (TPSA) is 0 Å². The predicted octanol–water partition coefficient (Wildman–Crippen LogP) is 14.7. The molecule has 0 aromatic rings. The lowest BCUT2D eigenvalue weighted by molar-refractivity contribution is 0.702. The van der Waals surface area contributed by atoms with Gasteiger partial charge in [-0.05, 0) is 0 Å². The highest BCUT2D eigenvalue weighted by molar-refractivity contribution is 4.31. The van der Waals surface area contributed by atoms with Crippen LogP contribution in [0.3, 0.4) is 0 Å². The largest absolute Gasteiger partial charge is 0.0776 e. The molecule has 0 saturated heterocycles. The van der Waals surface area contributed by atoms with Crippen LogP contribution in [0.2, 0.25) is 0 Å². The highest BCUT2D eigenvalue weighted by Gasteiger charge is 1.75. The molecule has 0 amide bonds. The zero-order valence-electron chi connectivity index (χ0n) is 25.7. The molecule has 0 heterocycles. The maximum absolute atomic E-state index is 2.23. The smallest absolute Gasteiger partial charge is 0.0536 e. The number of unbranched alkanes of at least 4 members (excludes halogenated alkanes) is 6. The van der Waals surface area contributed by atoms with Gasteiger partial charge < -0.3 is 0 Å². The Kier molecular flexibility index (Phi) is 922. The fourth-order valence-corrected chi connectivity index (χ4v) is 1.000. The summed E-state index contributed by atoms with van der Waals surface area (Å²) in [5.74, 6) is 0. The van der Waals surface area contributed by atoms with Crippen LogP contribution in [0.15, 0.2) is 0 Å². The number of rotatable bonds is 6. The second-order valence-corrected chi connectivity index (χ2v) is 3.41. The highest BCUT2D eigenvalue weighted by Crippen LogP contribution is 1.95. The van der Waals surface area contributed by atoms with E-state index in [-0.39, 0.29) is 14.9 Å². The van der Waals surface area contributed by atoms with Gasteiger partial charge in [-0.2, -0.15) is 0 Å². The number of hydrogen-bond donors (Lipinski definition) is 0. The summed E-state index contributed by atoms with van der Waals surface area (Å²) in [6.45, 7) is 40.9. The Morgan fingerprint density at radius 2 is 0.300 bits per heavy atom. The molecule has 0 unspecified atom stereocenters. The summed E-state index contributed by atoms with van der Waals surface area (Å²) in [5, 5.41) is 0. The molecule has 0 heteroatoms. The van der Waals surface area contributed by atoms with Crippen LogP contribution in [-0.2, 0) is 0 Å². The van der Waals surface area contributed by atoms with Crippen LogP contribution in [0.1, 0.15) is 205 Å². The molecule has 0 fully saturated rings. The molecular formula is C30H84. The first-order valence-corrected chi connectivity index (χ1v) is 13.8. The van der Waals surface area contributed by atoms with Gasteiger partial charge in [-0.3, -0.25) is 0 Å². The molecule has 0 nitrogen and oxygen atoms in total. The Hall–Kier alpha value is 0. The van der Waals surface area contributed by atoms with Gasteiger partial charge >= 0.3 is 0 Å². The van der Waals surface area contributed by atoms with Crippen LogP contribution in [0.4, 0.5) is 0 Å². The van der Waals surface area contributed by atoms with Gasteiger partial charge in [0.25, 0.3) is 0 Å². The summed E-state index contributed by atoms with van der Waals surface area (Å²) in [6.07, 6.45) is 11.1. The summed E-state index contributed by atoms with van der Waals surface area (Å²) in [6, 6.07) is 0. The molecule has 0 atom stereocenters. The van der Waals surface area contributed by atoms with Crippen molar-refractivity contribution in [3.05, 3.63) is 0 Å². The van der Waals surface area contributed by atoms with E-state index in [1.54, 1.807) is 0 Å². The predicted molar refractivity (Wildman–Crippen MR) is 164 cm³/mol. The van der Waals surface area contributed by atoms with Crippen LogP contribution >= 0.6 is 0 Å². The average Bonchev–Trinajstić information content (AvgIpc) is 2.87. The third-order valence-electron chi connectivity index (χ3n) is 1.91. The maximum atomic E-state index is 2.23. The van der Waals surface area contributed by atoms with Crippen molar-refractivity contribution in [1.82, 2.24) is 0 Å². The van der Waals surface area contributed by atoms with E-state index in [4.69, 9.17) is 0 Å². The molecule has 0 aliphatic rings.